The molecule has 1 saturated carbocycles. The van der Waals surface area contributed by atoms with Crippen molar-refractivity contribution in [1.82, 2.24) is 0 Å². The Kier molecular flexibility index (Phi) is 3.88. The van der Waals surface area contributed by atoms with E-state index in [1.165, 1.54) is 6.07 Å². The molecule has 1 aromatic carbocycles. The summed E-state index contributed by atoms with van der Waals surface area (Å²) < 4.78 is 13.6. The van der Waals surface area contributed by atoms with Gasteiger partial charge in [0, 0.05) is 5.41 Å². The van der Waals surface area contributed by atoms with E-state index in [1.54, 1.807) is 12.1 Å². The second-order valence-electron chi connectivity index (χ2n) is 4.69. The summed E-state index contributed by atoms with van der Waals surface area (Å²) in [5.41, 5.74) is 0.521. The van der Waals surface area contributed by atoms with Crippen LogP contribution in [0.25, 0.3) is 0 Å². The zero-order valence-corrected chi connectivity index (χ0v) is 11.7. The second kappa shape index (κ2) is 5.07. The number of carbonyl (C=O) groups excluding carboxylic acids is 1. The number of carbonyl (C=O) groups is 1. The van der Waals surface area contributed by atoms with Gasteiger partial charge in [0.1, 0.15) is 5.82 Å². The topological polar surface area (TPSA) is 17.1 Å². The molecular weight excluding hydrogens is 306 g/mol. The molecule has 1 aliphatic carbocycles. The van der Waals surface area contributed by atoms with Gasteiger partial charge in [-0.15, -0.1) is 0 Å². The first-order valence-corrected chi connectivity index (χ1v) is 6.84. The molecule has 0 heterocycles. The van der Waals surface area contributed by atoms with E-state index >= 15 is 0 Å². The predicted molar refractivity (Wildman–Crippen MR) is 69.6 cm³/mol. The SMILES string of the molecule is O=C(Cl)C1(Cc2ccc(F)c(Br)c2)CCCC1. The average Bonchev–Trinajstić information content (AvgIpc) is 2.73. The van der Waals surface area contributed by atoms with Crippen LogP contribution in [0.15, 0.2) is 22.7 Å². The molecule has 0 N–H and O–H groups in total. The van der Waals surface area contributed by atoms with Gasteiger partial charge in [-0.25, -0.2) is 4.39 Å². The quantitative estimate of drug-likeness (QED) is 0.752. The van der Waals surface area contributed by atoms with Crippen molar-refractivity contribution in [2.75, 3.05) is 0 Å². The first-order chi connectivity index (χ1) is 8.03. The fourth-order valence-electron chi connectivity index (χ4n) is 2.53. The zero-order chi connectivity index (χ0) is 12.5. The van der Waals surface area contributed by atoms with Crippen LogP contribution in [0.5, 0.6) is 0 Å². The van der Waals surface area contributed by atoms with Crippen LogP contribution in [-0.4, -0.2) is 5.24 Å². The summed E-state index contributed by atoms with van der Waals surface area (Å²) in [6, 6.07) is 4.87. The van der Waals surface area contributed by atoms with E-state index < -0.39 is 5.41 Å². The Morgan fingerprint density at radius 3 is 2.59 bits per heavy atom. The van der Waals surface area contributed by atoms with Crippen LogP contribution in [0.4, 0.5) is 4.39 Å². The molecule has 17 heavy (non-hydrogen) atoms. The Labute approximate surface area is 113 Å². The van der Waals surface area contributed by atoms with E-state index in [4.69, 9.17) is 11.6 Å². The minimum Gasteiger partial charge on any atom is -0.281 e. The number of halogens is 3. The summed E-state index contributed by atoms with van der Waals surface area (Å²) in [4.78, 5) is 11.6. The molecule has 1 fully saturated rings. The molecule has 0 radical (unpaired) electrons. The average molecular weight is 320 g/mol. The van der Waals surface area contributed by atoms with Crippen molar-refractivity contribution in [2.24, 2.45) is 5.41 Å². The second-order valence-corrected chi connectivity index (χ2v) is 5.88. The Balaban J connectivity index is 2.23. The maximum Gasteiger partial charge on any atom is 0.228 e. The maximum atomic E-state index is 13.1. The number of hydrogen-bond acceptors (Lipinski definition) is 1. The van der Waals surface area contributed by atoms with Gasteiger partial charge in [0.2, 0.25) is 5.24 Å². The first kappa shape index (κ1) is 13.0. The molecule has 0 aromatic heterocycles. The lowest BCUT2D eigenvalue weighted by atomic mass is 9.81. The maximum absolute atomic E-state index is 13.1. The molecule has 2 rings (SSSR count). The van der Waals surface area contributed by atoms with E-state index in [2.05, 4.69) is 15.9 Å². The molecule has 0 saturated heterocycles. The van der Waals surface area contributed by atoms with Crippen LogP contribution in [0.2, 0.25) is 0 Å². The number of hydrogen-bond donors (Lipinski definition) is 0. The van der Waals surface area contributed by atoms with Gasteiger partial charge >= 0.3 is 0 Å². The summed E-state index contributed by atoms with van der Waals surface area (Å²) in [6.07, 6.45) is 4.37. The van der Waals surface area contributed by atoms with Gasteiger partial charge in [-0.3, -0.25) is 4.79 Å². The summed E-state index contributed by atoms with van der Waals surface area (Å²) in [5, 5.41) is -0.254. The highest BCUT2D eigenvalue weighted by molar-refractivity contribution is 9.10. The van der Waals surface area contributed by atoms with Crippen molar-refractivity contribution in [1.29, 1.82) is 0 Å². The molecule has 92 valence electrons. The summed E-state index contributed by atoms with van der Waals surface area (Å²) in [7, 11) is 0. The van der Waals surface area contributed by atoms with Crippen LogP contribution in [0, 0.1) is 11.2 Å². The van der Waals surface area contributed by atoms with Crippen LogP contribution in [-0.2, 0) is 11.2 Å². The van der Waals surface area contributed by atoms with Gasteiger partial charge in [0.25, 0.3) is 0 Å². The van der Waals surface area contributed by atoms with Gasteiger partial charge in [-0.2, -0.15) is 0 Å². The minimum atomic E-state index is -0.432. The highest BCUT2D eigenvalue weighted by Gasteiger charge is 2.39. The van der Waals surface area contributed by atoms with E-state index in [0.29, 0.717) is 10.9 Å². The minimum absolute atomic E-state index is 0.254. The Hall–Kier alpha value is -0.410. The highest BCUT2D eigenvalue weighted by Crippen LogP contribution is 2.43. The Morgan fingerprint density at radius 2 is 2.06 bits per heavy atom. The molecular formula is C13H13BrClFO. The first-order valence-electron chi connectivity index (χ1n) is 5.67. The fourth-order valence-corrected chi connectivity index (χ4v) is 3.22. The molecule has 0 spiro atoms. The van der Waals surface area contributed by atoms with Crippen molar-refractivity contribution >= 4 is 32.8 Å². The Morgan fingerprint density at radius 1 is 1.41 bits per heavy atom. The van der Waals surface area contributed by atoms with Crippen LogP contribution >= 0.6 is 27.5 Å². The van der Waals surface area contributed by atoms with Crippen molar-refractivity contribution in [3.05, 3.63) is 34.1 Å². The van der Waals surface area contributed by atoms with Crippen LogP contribution in [0.3, 0.4) is 0 Å². The lowest BCUT2D eigenvalue weighted by Crippen LogP contribution is -2.26. The van der Waals surface area contributed by atoms with Gasteiger partial charge in [-0.05, 0) is 64.5 Å². The van der Waals surface area contributed by atoms with Crippen molar-refractivity contribution in [3.8, 4) is 0 Å². The standard InChI is InChI=1S/C13H13BrClFO/c14-10-7-9(3-4-11(10)16)8-13(12(15)17)5-1-2-6-13/h3-4,7H,1-2,5-6,8H2. The van der Waals surface area contributed by atoms with Crippen LogP contribution < -0.4 is 0 Å². The zero-order valence-electron chi connectivity index (χ0n) is 9.31. The van der Waals surface area contributed by atoms with E-state index in [1.807, 2.05) is 0 Å². The summed E-state index contributed by atoms with van der Waals surface area (Å²) in [5.74, 6) is -0.286. The predicted octanol–water partition coefficient (Wildman–Crippen LogP) is 4.46. The van der Waals surface area contributed by atoms with Crippen molar-refractivity contribution < 1.29 is 9.18 Å². The third-order valence-electron chi connectivity index (χ3n) is 3.50. The van der Waals surface area contributed by atoms with Gasteiger partial charge < -0.3 is 0 Å². The summed E-state index contributed by atoms with van der Waals surface area (Å²) in [6.45, 7) is 0. The third-order valence-corrected chi connectivity index (χ3v) is 4.51. The lowest BCUT2D eigenvalue weighted by Gasteiger charge is -2.24. The molecule has 0 unspecified atom stereocenters. The van der Waals surface area contributed by atoms with E-state index in [0.717, 1.165) is 31.2 Å². The number of benzene rings is 1. The normalized spacial score (nSPS) is 18.3. The molecule has 0 aliphatic heterocycles. The Bertz CT molecular complexity index is 441. The van der Waals surface area contributed by atoms with E-state index in [-0.39, 0.29) is 11.1 Å². The van der Waals surface area contributed by atoms with Gasteiger partial charge in [-0.1, -0.05) is 18.9 Å². The smallest absolute Gasteiger partial charge is 0.228 e. The largest absolute Gasteiger partial charge is 0.281 e. The molecule has 1 aromatic rings. The highest BCUT2D eigenvalue weighted by atomic mass is 79.9. The third kappa shape index (κ3) is 2.71. The van der Waals surface area contributed by atoms with Crippen molar-refractivity contribution in [3.63, 3.8) is 0 Å². The van der Waals surface area contributed by atoms with Crippen LogP contribution in [0.1, 0.15) is 31.2 Å². The lowest BCUT2D eigenvalue weighted by molar-refractivity contribution is -0.120. The molecule has 0 atom stereocenters. The van der Waals surface area contributed by atoms with Gasteiger partial charge in [0.05, 0.1) is 4.47 Å². The number of rotatable bonds is 3. The monoisotopic (exact) mass is 318 g/mol. The van der Waals surface area contributed by atoms with Crippen molar-refractivity contribution in [2.45, 2.75) is 32.1 Å². The molecule has 0 bridgehead atoms. The molecule has 4 heteroatoms. The fraction of sp³-hybridized carbons (Fsp3) is 0.462. The molecule has 1 nitrogen and oxygen atoms in total. The summed E-state index contributed by atoms with van der Waals surface area (Å²) >= 11 is 8.89. The van der Waals surface area contributed by atoms with Gasteiger partial charge in [0.15, 0.2) is 0 Å². The molecule has 1 aliphatic rings. The van der Waals surface area contributed by atoms with E-state index in [9.17, 15) is 9.18 Å². The molecule has 0 amide bonds.